The van der Waals surface area contributed by atoms with Gasteiger partial charge in [0, 0.05) is 6.08 Å². The van der Waals surface area contributed by atoms with Gasteiger partial charge in [-0.3, -0.25) is 0 Å². The molecular formula is C7H4BrNS. The predicted molar refractivity (Wildman–Crippen MR) is 46.7 cm³/mol. The minimum Gasteiger partial charge on any atom is -0.193 e. The Labute approximate surface area is 71.7 Å². The van der Waals surface area contributed by atoms with Crippen molar-refractivity contribution in [3.8, 4) is 6.07 Å². The van der Waals surface area contributed by atoms with E-state index in [2.05, 4.69) is 15.9 Å². The summed E-state index contributed by atoms with van der Waals surface area (Å²) in [6, 6.07) is 3.90. The molecule has 0 saturated carbocycles. The van der Waals surface area contributed by atoms with Crippen LogP contribution in [0.15, 0.2) is 21.3 Å². The lowest BCUT2D eigenvalue weighted by atomic mass is 10.3. The summed E-state index contributed by atoms with van der Waals surface area (Å²) in [7, 11) is 0. The molecule has 0 bridgehead atoms. The molecule has 0 aromatic carbocycles. The van der Waals surface area contributed by atoms with Crippen molar-refractivity contribution in [2.75, 3.05) is 0 Å². The largest absolute Gasteiger partial charge is 0.193 e. The van der Waals surface area contributed by atoms with E-state index in [9.17, 15) is 0 Å². The molecule has 3 heteroatoms. The van der Waals surface area contributed by atoms with E-state index < -0.39 is 0 Å². The molecule has 1 rings (SSSR count). The molecule has 1 aromatic heterocycles. The maximum Gasteiger partial charge on any atom is 0.0912 e. The van der Waals surface area contributed by atoms with E-state index in [-0.39, 0.29) is 0 Å². The van der Waals surface area contributed by atoms with Crippen molar-refractivity contribution in [2.45, 2.75) is 0 Å². The summed E-state index contributed by atoms with van der Waals surface area (Å²) >= 11 is 4.94. The molecule has 1 aromatic rings. The van der Waals surface area contributed by atoms with Crippen LogP contribution >= 0.6 is 27.3 Å². The molecule has 0 radical (unpaired) electrons. The number of nitriles is 1. The quantitative estimate of drug-likeness (QED) is 0.659. The summed E-state index contributed by atoms with van der Waals surface area (Å²) in [6.07, 6.45) is 3.25. The van der Waals surface area contributed by atoms with Gasteiger partial charge in [0.1, 0.15) is 0 Å². The van der Waals surface area contributed by atoms with Crippen molar-refractivity contribution in [3.05, 3.63) is 26.9 Å². The lowest BCUT2D eigenvalue weighted by molar-refractivity contribution is 1.54. The number of thiophene rings is 1. The van der Waals surface area contributed by atoms with E-state index in [0.29, 0.717) is 0 Å². The van der Waals surface area contributed by atoms with Crippen LogP contribution in [-0.2, 0) is 0 Å². The lowest BCUT2D eigenvalue weighted by Crippen LogP contribution is -1.56. The zero-order chi connectivity index (χ0) is 7.40. The molecule has 0 saturated heterocycles. The van der Waals surface area contributed by atoms with E-state index in [1.54, 1.807) is 17.4 Å². The predicted octanol–water partition coefficient (Wildman–Crippen LogP) is 3.05. The second-order valence-electron chi connectivity index (χ2n) is 1.65. The zero-order valence-electron chi connectivity index (χ0n) is 5.04. The first-order valence-corrected chi connectivity index (χ1v) is 4.30. The molecule has 1 nitrogen and oxygen atoms in total. The van der Waals surface area contributed by atoms with Gasteiger partial charge in [0.05, 0.1) is 9.86 Å². The number of rotatable bonds is 1. The van der Waals surface area contributed by atoms with Crippen molar-refractivity contribution < 1.29 is 0 Å². The molecule has 50 valence electrons. The number of hydrogen-bond donors (Lipinski definition) is 0. The Morgan fingerprint density at radius 2 is 2.50 bits per heavy atom. The van der Waals surface area contributed by atoms with E-state index >= 15 is 0 Å². The SMILES string of the molecule is N#C/C=C/c1csc(Br)c1. The first kappa shape index (κ1) is 7.52. The summed E-state index contributed by atoms with van der Waals surface area (Å²) in [5.41, 5.74) is 1.07. The molecule has 0 amide bonds. The minimum absolute atomic E-state index is 1.07. The van der Waals surface area contributed by atoms with E-state index in [0.717, 1.165) is 9.35 Å². The Balaban J connectivity index is 2.78. The third-order valence-corrected chi connectivity index (χ3v) is 2.46. The van der Waals surface area contributed by atoms with Crippen molar-refractivity contribution in [1.82, 2.24) is 0 Å². The highest BCUT2D eigenvalue weighted by Gasteiger charge is 1.90. The van der Waals surface area contributed by atoms with Crippen molar-refractivity contribution in [1.29, 1.82) is 5.26 Å². The summed E-state index contributed by atoms with van der Waals surface area (Å²) in [6.45, 7) is 0. The van der Waals surface area contributed by atoms with Crippen LogP contribution in [0.3, 0.4) is 0 Å². The number of hydrogen-bond acceptors (Lipinski definition) is 2. The highest BCUT2D eigenvalue weighted by molar-refractivity contribution is 9.11. The fourth-order valence-corrected chi connectivity index (χ4v) is 1.69. The smallest absolute Gasteiger partial charge is 0.0912 e. The van der Waals surface area contributed by atoms with Gasteiger partial charge in [-0.25, -0.2) is 0 Å². The molecule has 1 heterocycles. The van der Waals surface area contributed by atoms with Gasteiger partial charge in [-0.1, -0.05) is 0 Å². The minimum atomic E-state index is 1.07. The highest BCUT2D eigenvalue weighted by atomic mass is 79.9. The molecule has 0 N–H and O–H groups in total. The van der Waals surface area contributed by atoms with Crippen LogP contribution in [0, 0.1) is 11.3 Å². The molecule has 0 aliphatic heterocycles. The Hall–Kier alpha value is -0.590. The summed E-state index contributed by atoms with van der Waals surface area (Å²) in [4.78, 5) is 0. The first-order chi connectivity index (χ1) is 4.83. The van der Waals surface area contributed by atoms with Crippen LogP contribution in [0.25, 0.3) is 6.08 Å². The molecular weight excluding hydrogens is 210 g/mol. The van der Waals surface area contributed by atoms with Gasteiger partial charge >= 0.3 is 0 Å². The Kier molecular flexibility index (Phi) is 2.67. The summed E-state index contributed by atoms with van der Waals surface area (Å²) in [5, 5.41) is 10.2. The number of allylic oxidation sites excluding steroid dienone is 1. The average Bonchev–Trinajstić information content (AvgIpc) is 2.31. The van der Waals surface area contributed by atoms with E-state index in [1.165, 1.54) is 6.08 Å². The van der Waals surface area contributed by atoms with Crippen LogP contribution < -0.4 is 0 Å². The second kappa shape index (κ2) is 3.55. The maximum atomic E-state index is 8.19. The van der Waals surface area contributed by atoms with Crippen LogP contribution in [0.2, 0.25) is 0 Å². The molecule has 0 spiro atoms. The molecule has 0 fully saturated rings. The van der Waals surface area contributed by atoms with Gasteiger partial charge < -0.3 is 0 Å². The Bertz CT molecular complexity index is 282. The van der Waals surface area contributed by atoms with Gasteiger partial charge in [0.25, 0.3) is 0 Å². The van der Waals surface area contributed by atoms with Crippen LogP contribution in [-0.4, -0.2) is 0 Å². The van der Waals surface area contributed by atoms with Gasteiger partial charge in [0.2, 0.25) is 0 Å². The number of halogens is 1. The summed E-state index contributed by atoms with van der Waals surface area (Å²) in [5.74, 6) is 0. The van der Waals surface area contributed by atoms with E-state index in [4.69, 9.17) is 5.26 Å². The fraction of sp³-hybridized carbons (Fsp3) is 0. The lowest BCUT2D eigenvalue weighted by Gasteiger charge is -1.75. The molecule has 10 heavy (non-hydrogen) atoms. The Morgan fingerprint density at radius 1 is 1.70 bits per heavy atom. The normalized spacial score (nSPS) is 10.0. The van der Waals surface area contributed by atoms with Gasteiger partial charge in [-0.15, -0.1) is 11.3 Å². The van der Waals surface area contributed by atoms with Crippen LogP contribution in [0.1, 0.15) is 5.56 Å². The third kappa shape index (κ3) is 1.98. The maximum absolute atomic E-state index is 8.19. The van der Waals surface area contributed by atoms with Gasteiger partial charge in [-0.2, -0.15) is 5.26 Å². The topological polar surface area (TPSA) is 23.8 Å². The van der Waals surface area contributed by atoms with E-state index in [1.807, 2.05) is 17.5 Å². The summed E-state index contributed by atoms with van der Waals surface area (Å²) < 4.78 is 1.09. The van der Waals surface area contributed by atoms with Crippen molar-refractivity contribution >= 4 is 33.3 Å². The fourth-order valence-electron chi connectivity index (χ4n) is 0.544. The van der Waals surface area contributed by atoms with Crippen molar-refractivity contribution in [3.63, 3.8) is 0 Å². The average molecular weight is 214 g/mol. The monoisotopic (exact) mass is 213 g/mol. The molecule has 0 aliphatic rings. The second-order valence-corrected chi connectivity index (χ2v) is 3.94. The standard InChI is InChI=1S/C7H4BrNS/c8-7-4-6(5-10-7)2-1-3-9/h1-2,4-5H/b2-1+. The molecule has 0 unspecified atom stereocenters. The number of nitrogens with zero attached hydrogens (tertiary/aromatic N) is 1. The third-order valence-electron chi connectivity index (χ3n) is 0.938. The van der Waals surface area contributed by atoms with Crippen LogP contribution in [0.5, 0.6) is 0 Å². The zero-order valence-corrected chi connectivity index (χ0v) is 7.45. The van der Waals surface area contributed by atoms with Crippen molar-refractivity contribution in [2.24, 2.45) is 0 Å². The Morgan fingerprint density at radius 3 is 3.00 bits per heavy atom. The van der Waals surface area contributed by atoms with Gasteiger partial charge in [-0.05, 0) is 39.0 Å². The van der Waals surface area contributed by atoms with Crippen LogP contribution in [0.4, 0.5) is 0 Å². The molecule has 0 atom stereocenters. The van der Waals surface area contributed by atoms with Gasteiger partial charge in [0.15, 0.2) is 0 Å². The highest BCUT2D eigenvalue weighted by Crippen LogP contribution is 2.21. The molecule has 0 aliphatic carbocycles. The first-order valence-electron chi connectivity index (χ1n) is 2.63.